The molecule has 0 aliphatic heterocycles. The van der Waals surface area contributed by atoms with Crippen molar-refractivity contribution in [2.24, 2.45) is 22.9 Å². The van der Waals surface area contributed by atoms with Crippen LogP contribution >= 0.6 is 0 Å². The molecular weight excluding hydrogens is 298 g/mol. The number of hydrazone groups is 1. The third kappa shape index (κ3) is 2.86. The first-order valence-electron chi connectivity index (χ1n) is 7.54. The largest absolute Gasteiger partial charge is 0.276 e. The van der Waals surface area contributed by atoms with Crippen molar-refractivity contribution in [3.63, 3.8) is 0 Å². The van der Waals surface area contributed by atoms with E-state index in [0.29, 0.717) is 5.92 Å². The molecule has 3 fully saturated rings. The Hall–Kier alpha value is -1.87. The van der Waals surface area contributed by atoms with Crippen molar-refractivity contribution in [3.05, 3.63) is 29.8 Å². The number of sulfonamides is 1. The average Bonchev–Trinajstić information content (AvgIpc) is 2.54. The molecule has 3 atom stereocenters. The lowest BCUT2D eigenvalue weighted by atomic mass is 9.64. The van der Waals surface area contributed by atoms with E-state index in [-0.39, 0.29) is 16.7 Å². The van der Waals surface area contributed by atoms with Crippen molar-refractivity contribution in [1.29, 1.82) is 5.26 Å². The van der Waals surface area contributed by atoms with Crippen LogP contribution in [0, 0.1) is 36.0 Å². The van der Waals surface area contributed by atoms with E-state index in [9.17, 15) is 13.7 Å². The number of nitriles is 1. The fraction of sp³-hybridized carbons (Fsp3) is 0.500. The zero-order valence-electron chi connectivity index (χ0n) is 12.5. The van der Waals surface area contributed by atoms with Gasteiger partial charge in [0.05, 0.1) is 16.9 Å². The van der Waals surface area contributed by atoms with Gasteiger partial charge in [0, 0.05) is 11.6 Å². The second-order valence-corrected chi connectivity index (χ2v) is 7.90. The van der Waals surface area contributed by atoms with E-state index in [1.165, 1.54) is 0 Å². The summed E-state index contributed by atoms with van der Waals surface area (Å²) < 4.78 is 24.5. The van der Waals surface area contributed by atoms with Crippen LogP contribution in [-0.2, 0) is 10.0 Å². The van der Waals surface area contributed by atoms with Crippen molar-refractivity contribution in [2.45, 2.75) is 37.5 Å². The van der Waals surface area contributed by atoms with Gasteiger partial charge in [0.1, 0.15) is 0 Å². The van der Waals surface area contributed by atoms with Crippen LogP contribution in [-0.4, -0.2) is 14.1 Å². The van der Waals surface area contributed by atoms with Crippen molar-refractivity contribution >= 4 is 15.7 Å². The predicted molar refractivity (Wildman–Crippen MR) is 83.5 cm³/mol. The summed E-state index contributed by atoms with van der Waals surface area (Å²) in [4.78, 5) is 2.55. The molecule has 3 aliphatic carbocycles. The Bertz CT molecular complexity index is 732. The minimum atomic E-state index is -3.64. The molecule has 1 N–H and O–H groups in total. The van der Waals surface area contributed by atoms with E-state index in [0.717, 1.165) is 37.0 Å². The molecule has 3 saturated carbocycles. The molecule has 0 amide bonds. The zero-order chi connectivity index (χ0) is 15.7. The van der Waals surface area contributed by atoms with E-state index in [1.54, 1.807) is 24.3 Å². The lowest BCUT2D eigenvalue weighted by Crippen LogP contribution is -2.39. The van der Waals surface area contributed by atoms with E-state index < -0.39 is 10.0 Å². The van der Waals surface area contributed by atoms with E-state index in [1.807, 2.05) is 6.92 Å². The summed E-state index contributed by atoms with van der Waals surface area (Å²) in [5.74, 6) is 0.558. The van der Waals surface area contributed by atoms with Crippen LogP contribution in [0.3, 0.4) is 0 Å². The van der Waals surface area contributed by atoms with Gasteiger partial charge in [0.25, 0.3) is 10.0 Å². The summed E-state index contributed by atoms with van der Waals surface area (Å²) in [7, 11) is -3.64. The Balaban J connectivity index is 1.79. The average molecular weight is 317 g/mol. The number of nitrogens with zero attached hydrogens (tertiary/aromatic N) is 2. The van der Waals surface area contributed by atoms with Crippen molar-refractivity contribution in [3.8, 4) is 6.07 Å². The Morgan fingerprint density at radius 3 is 2.64 bits per heavy atom. The Kier molecular flexibility index (Phi) is 3.92. The maximum Gasteiger partial charge on any atom is 0.276 e. The van der Waals surface area contributed by atoms with Crippen LogP contribution in [0.4, 0.5) is 0 Å². The summed E-state index contributed by atoms with van der Waals surface area (Å²) in [6.07, 6.45) is 3.78. The molecule has 5 nitrogen and oxygen atoms in total. The van der Waals surface area contributed by atoms with Gasteiger partial charge in [-0.15, -0.1) is 0 Å². The summed E-state index contributed by atoms with van der Waals surface area (Å²) >= 11 is 0. The van der Waals surface area contributed by atoms with Crippen molar-refractivity contribution < 1.29 is 8.42 Å². The molecule has 0 saturated heterocycles. The van der Waals surface area contributed by atoms with E-state index in [4.69, 9.17) is 0 Å². The highest BCUT2D eigenvalue weighted by molar-refractivity contribution is 7.89. The van der Waals surface area contributed by atoms with E-state index >= 15 is 0 Å². The van der Waals surface area contributed by atoms with Crippen LogP contribution in [0.25, 0.3) is 0 Å². The summed E-state index contributed by atoms with van der Waals surface area (Å²) in [5.41, 5.74) is 1.84. The van der Waals surface area contributed by atoms with Gasteiger partial charge < -0.3 is 0 Å². The third-order valence-electron chi connectivity index (χ3n) is 4.69. The van der Waals surface area contributed by atoms with Gasteiger partial charge in [0.2, 0.25) is 0 Å². The Labute approximate surface area is 131 Å². The van der Waals surface area contributed by atoms with Crippen molar-refractivity contribution in [1.82, 2.24) is 4.83 Å². The predicted octanol–water partition coefficient (Wildman–Crippen LogP) is 2.59. The fourth-order valence-electron chi connectivity index (χ4n) is 3.45. The van der Waals surface area contributed by atoms with Crippen LogP contribution < -0.4 is 4.83 Å². The van der Waals surface area contributed by atoms with Crippen LogP contribution in [0.5, 0.6) is 0 Å². The van der Waals surface area contributed by atoms with Gasteiger partial charge in [-0.05, 0) is 50.7 Å². The molecule has 0 radical (unpaired) electrons. The van der Waals surface area contributed by atoms with Gasteiger partial charge in [0.15, 0.2) is 0 Å². The maximum atomic E-state index is 12.3. The highest BCUT2D eigenvalue weighted by atomic mass is 32.2. The van der Waals surface area contributed by atoms with Crippen molar-refractivity contribution in [2.75, 3.05) is 0 Å². The monoisotopic (exact) mass is 317 g/mol. The second kappa shape index (κ2) is 5.73. The highest BCUT2D eigenvalue weighted by Gasteiger charge is 2.40. The molecule has 1 aromatic carbocycles. The molecule has 1 aromatic rings. The number of hydrogen-bond acceptors (Lipinski definition) is 4. The number of aryl methyl sites for hydroxylation is 1. The van der Waals surface area contributed by atoms with Gasteiger partial charge in [-0.2, -0.15) is 18.8 Å². The molecular formula is C16H19N3O2S. The molecule has 2 bridgehead atoms. The fourth-order valence-corrected chi connectivity index (χ4v) is 4.29. The lowest BCUT2D eigenvalue weighted by Gasteiger charge is -2.40. The van der Waals surface area contributed by atoms with Gasteiger partial charge in [-0.1, -0.05) is 17.7 Å². The highest BCUT2D eigenvalue weighted by Crippen LogP contribution is 2.43. The summed E-state index contributed by atoms with van der Waals surface area (Å²) in [5, 5.41) is 13.4. The number of fused-ring (bicyclic) bond motifs is 3. The molecule has 0 spiro atoms. The normalized spacial score (nSPS) is 29.3. The molecule has 3 aliphatic rings. The minimum Gasteiger partial charge on any atom is -0.200 e. The van der Waals surface area contributed by atoms with Crippen LogP contribution in [0.15, 0.2) is 34.3 Å². The number of rotatable bonds is 3. The number of nitrogens with one attached hydrogen (secondary N) is 1. The smallest absolute Gasteiger partial charge is 0.200 e. The lowest BCUT2D eigenvalue weighted by molar-refractivity contribution is 0.236. The number of hydrogen-bond donors (Lipinski definition) is 1. The molecule has 0 unspecified atom stereocenters. The topological polar surface area (TPSA) is 82.3 Å². The minimum absolute atomic E-state index is 0.0184. The molecule has 0 heterocycles. The summed E-state index contributed by atoms with van der Waals surface area (Å²) in [6.45, 7) is 1.91. The van der Waals surface area contributed by atoms with Crippen LogP contribution in [0.1, 0.15) is 31.2 Å². The second-order valence-electron chi connectivity index (χ2n) is 6.24. The first-order chi connectivity index (χ1) is 10.5. The van der Waals surface area contributed by atoms with Gasteiger partial charge in [-0.3, -0.25) is 0 Å². The van der Waals surface area contributed by atoms with E-state index in [2.05, 4.69) is 16.0 Å². The first-order valence-corrected chi connectivity index (χ1v) is 9.02. The molecule has 6 heteroatoms. The first kappa shape index (κ1) is 15.0. The standard InChI is InChI=1S/C16H19N3O2S/c1-11-2-5-14(6-3-11)22(20,21)19-18-16-9-12-4-7-15(16)13(8-12)10-17/h2-3,5-6,12-13,15,19H,4,7-9H2,1H3/b18-16+/t12-,13-,15+/m1/s1. The third-order valence-corrected chi connectivity index (χ3v) is 5.92. The zero-order valence-corrected chi connectivity index (χ0v) is 13.3. The Morgan fingerprint density at radius 1 is 1.27 bits per heavy atom. The number of benzene rings is 1. The van der Waals surface area contributed by atoms with Gasteiger partial charge >= 0.3 is 0 Å². The SMILES string of the molecule is Cc1ccc(S(=O)(=O)N/N=C2\C[C@@H]3CC[C@H]2[C@@H](C#N)C3)cc1. The molecule has 0 aromatic heterocycles. The molecule has 116 valence electrons. The molecule has 4 rings (SSSR count). The maximum absolute atomic E-state index is 12.3. The molecule has 22 heavy (non-hydrogen) atoms. The quantitative estimate of drug-likeness (QED) is 0.870. The summed E-state index contributed by atoms with van der Waals surface area (Å²) in [6, 6.07) is 9.01. The van der Waals surface area contributed by atoms with Crippen LogP contribution in [0.2, 0.25) is 0 Å². The Morgan fingerprint density at radius 2 is 2.00 bits per heavy atom. The van der Waals surface area contributed by atoms with Gasteiger partial charge in [-0.25, -0.2) is 4.83 Å².